The molecule has 1 saturated carbocycles. The molecule has 0 aromatic carbocycles. The highest BCUT2D eigenvalue weighted by Crippen LogP contribution is 2.55. The van der Waals surface area contributed by atoms with Gasteiger partial charge in [0.05, 0.1) is 0 Å². The Morgan fingerprint density at radius 2 is 2.17 bits per heavy atom. The molecule has 1 heterocycles. The van der Waals surface area contributed by atoms with Crippen molar-refractivity contribution in [3.8, 4) is 0 Å². The molecule has 1 aromatic rings. The van der Waals surface area contributed by atoms with Crippen molar-refractivity contribution in [1.29, 1.82) is 0 Å². The Balaban J connectivity index is 2.00. The van der Waals surface area contributed by atoms with Crippen LogP contribution in [0, 0.1) is 12.3 Å². The number of hydrogen-bond acceptors (Lipinski definition) is 1. The molecule has 0 saturated heterocycles. The second-order valence-corrected chi connectivity index (χ2v) is 5.82. The average molecular weight is 178 g/mol. The van der Waals surface area contributed by atoms with Crippen LogP contribution in [0.1, 0.15) is 34.6 Å². The summed E-state index contributed by atoms with van der Waals surface area (Å²) in [7, 11) is 0. The molecule has 1 aromatic heterocycles. The summed E-state index contributed by atoms with van der Waals surface area (Å²) in [4.78, 5) is 3.20. The Morgan fingerprint density at radius 1 is 1.33 bits per heavy atom. The lowest BCUT2D eigenvalue weighted by atomic mass is 9.86. The van der Waals surface area contributed by atoms with E-state index in [1.165, 1.54) is 37.0 Å². The third-order valence-corrected chi connectivity index (χ3v) is 4.58. The van der Waals surface area contributed by atoms with E-state index < -0.39 is 0 Å². The third-order valence-electron chi connectivity index (χ3n) is 3.42. The fourth-order valence-electron chi connectivity index (χ4n) is 2.45. The van der Waals surface area contributed by atoms with Gasteiger partial charge in [0.15, 0.2) is 0 Å². The third kappa shape index (κ3) is 0.957. The van der Waals surface area contributed by atoms with Crippen molar-refractivity contribution in [1.82, 2.24) is 0 Å². The van der Waals surface area contributed by atoms with Gasteiger partial charge in [-0.2, -0.15) is 0 Å². The monoisotopic (exact) mass is 178 g/mol. The van der Waals surface area contributed by atoms with E-state index in [-0.39, 0.29) is 0 Å². The van der Waals surface area contributed by atoms with E-state index in [0.29, 0.717) is 0 Å². The minimum absolute atomic E-state index is 0.792. The SMILES string of the molecule is Cc1cc2c(s1)CCC1(CC1)C2. The second-order valence-electron chi connectivity index (χ2n) is 4.48. The topological polar surface area (TPSA) is 0 Å². The van der Waals surface area contributed by atoms with E-state index >= 15 is 0 Å². The Morgan fingerprint density at radius 3 is 2.92 bits per heavy atom. The van der Waals surface area contributed by atoms with Crippen molar-refractivity contribution in [3.63, 3.8) is 0 Å². The zero-order valence-corrected chi connectivity index (χ0v) is 8.34. The minimum Gasteiger partial charge on any atom is -0.145 e. The first-order valence-corrected chi connectivity index (χ1v) is 5.67. The predicted molar refractivity (Wildman–Crippen MR) is 52.7 cm³/mol. The van der Waals surface area contributed by atoms with Crippen LogP contribution >= 0.6 is 11.3 Å². The van der Waals surface area contributed by atoms with Gasteiger partial charge in [-0.1, -0.05) is 0 Å². The smallest absolute Gasteiger partial charge is 0.00804 e. The summed E-state index contributed by atoms with van der Waals surface area (Å²) in [6, 6.07) is 2.42. The maximum Gasteiger partial charge on any atom is 0.00804 e. The van der Waals surface area contributed by atoms with Crippen molar-refractivity contribution < 1.29 is 0 Å². The fourth-order valence-corrected chi connectivity index (χ4v) is 3.51. The highest BCUT2D eigenvalue weighted by Gasteiger charge is 2.44. The highest BCUT2D eigenvalue weighted by atomic mass is 32.1. The molecular weight excluding hydrogens is 164 g/mol. The second kappa shape index (κ2) is 2.14. The van der Waals surface area contributed by atoms with Crippen LogP contribution in [0.25, 0.3) is 0 Å². The molecule has 1 heteroatoms. The van der Waals surface area contributed by atoms with Gasteiger partial charge < -0.3 is 0 Å². The van der Waals surface area contributed by atoms with E-state index in [1.807, 2.05) is 11.3 Å². The number of aryl methyl sites for hydroxylation is 2. The van der Waals surface area contributed by atoms with Gasteiger partial charge in [0.25, 0.3) is 0 Å². The Bertz CT molecular complexity index is 318. The summed E-state index contributed by atoms with van der Waals surface area (Å²) in [5.74, 6) is 0. The normalized spacial score (nSPS) is 24.1. The van der Waals surface area contributed by atoms with Gasteiger partial charge in [-0.05, 0) is 56.1 Å². The van der Waals surface area contributed by atoms with E-state index in [9.17, 15) is 0 Å². The average Bonchev–Trinajstić information content (AvgIpc) is 2.65. The van der Waals surface area contributed by atoms with Crippen LogP contribution in [0.2, 0.25) is 0 Å². The number of fused-ring (bicyclic) bond motifs is 1. The number of hydrogen-bond donors (Lipinski definition) is 0. The van der Waals surface area contributed by atoms with Gasteiger partial charge in [-0.3, -0.25) is 0 Å². The zero-order valence-electron chi connectivity index (χ0n) is 7.52. The van der Waals surface area contributed by atoms with E-state index in [0.717, 1.165) is 5.41 Å². The van der Waals surface area contributed by atoms with Crippen LogP contribution in [0.4, 0.5) is 0 Å². The highest BCUT2D eigenvalue weighted by molar-refractivity contribution is 7.12. The Labute approximate surface area is 77.6 Å². The molecule has 0 N–H and O–H groups in total. The van der Waals surface area contributed by atoms with E-state index in [1.54, 1.807) is 10.4 Å². The standard InChI is InChI=1S/C11H14S/c1-8-6-9-7-11(4-5-11)3-2-10(9)12-8/h6H,2-5,7H2,1H3. The van der Waals surface area contributed by atoms with E-state index in [2.05, 4.69) is 13.0 Å². The quantitative estimate of drug-likeness (QED) is 0.571. The zero-order chi connectivity index (χ0) is 8.18. The summed E-state index contributed by atoms with van der Waals surface area (Å²) < 4.78 is 0. The summed E-state index contributed by atoms with van der Waals surface area (Å²) in [6.07, 6.45) is 7.24. The van der Waals surface area contributed by atoms with Gasteiger partial charge in [0.2, 0.25) is 0 Å². The van der Waals surface area contributed by atoms with Gasteiger partial charge in [0, 0.05) is 9.75 Å². The largest absolute Gasteiger partial charge is 0.145 e. The van der Waals surface area contributed by atoms with Crippen LogP contribution in [-0.2, 0) is 12.8 Å². The lowest BCUT2D eigenvalue weighted by Crippen LogP contribution is -2.12. The molecule has 0 nitrogen and oxygen atoms in total. The fraction of sp³-hybridized carbons (Fsp3) is 0.636. The maximum atomic E-state index is 2.42. The van der Waals surface area contributed by atoms with Gasteiger partial charge in [-0.15, -0.1) is 11.3 Å². The number of rotatable bonds is 0. The molecule has 0 bridgehead atoms. The molecule has 2 aliphatic rings. The van der Waals surface area contributed by atoms with E-state index in [4.69, 9.17) is 0 Å². The summed E-state index contributed by atoms with van der Waals surface area (Å²) in [6.45, 7) is 2.24. The molecule has 0 atom stereocenters. The van der Waals surface area contributed by atoms with Crippen LogP contribution in [0.5, 0.6) is 0 Å². The molecule has 12 heavy (non-hydrogen) atoms. The predicted octanol–water partition coefficient (Wildman–Crippen LogP) is 3.33. The maximum absolute atomic E-state index is 2.42. The molecule has 0 amide bonds. The van der Waals surface area contributed by atoms with Crippen LogP contribution in [0.3, 0.4) is 0 Å². The van der Waals surface area contributed by atoms with Gasteiger partial charge in [0.1, 0.15) is 0 Å². The van der Waals surface area contributed by atoms with Crippen molar-refractivity contribution in [3.05, 3.63) is 21.4 Å². The molecule has 0 unspecified atom stereocenters. The first-order valence-electron chi connectivity index (χ1n) is 4.86. The van der Waals surface area contributed by atoms with Crippen molar-refractivity contribution >= 4 is 11.3 Å². The van der Waals surface area contributed by atoms with Gasteiger partial charge in [-0.25, -0.2) is 0 Å². The molecule has 0 radical (unpaired) electrons. The molecule has 3 rings (SSSR count). The molecule has 1 spiro atoms. The molecule has 64 valence electrons. The van der Waals surface area contributed by atoms with Crippen molar-refractivity contribution in [2.75, 3.05) is 0 Å². The summed E-state index contributed by atoms with van der Waals surface area (Å²) >= 11 is 2.02. The Hall–Kier alpha value is -0.300. The van der Waals surface area contributed by atoms with Crippen molar-refractivity contribution in [2.24, 2.45) is 5.41 Å². The Kier molecular flexibility index (Phi) is 1.27. The lowest BCUT2D eigenvalue weighted by molar-refractivity contribution is 0.442. The van der Waals surface area contributed by atoms with Crippen LogP contribution in [-0.4, -0.2) is 0 Å². The first-order chi connectivity index (χ1) is 5.77. The van der Waals surface area contributed by atoms with Crippen LogP contribution in [0.15, 0.2) is 6.07 Å². The molecule has 1 fully saturated rings. The molecule has 0 aliphatic heterocycles. The van der Waals surface area contributed by atoms with Gasteiger partial charge >= 0.3 is 0 Å². The minimum atomic E-state index is 0.792. The molecular formula is C11H14S. The first kappa shape index (κ1) is 7.14. The lowest BCUT2D eigenvalue weighted by Gasteiger charge is -2.20. The van der Waals surface area contributed by atoms with Crippen molar-refractivity contribution in [2.45, 2.75) is 39.0 Å². The van der Waals surface area contributed by atoms with Crippen LogP contribution < -0.4 is 0 Å². The summed E-state index contributed by atoms with van der Waals surface area (Å²) in [5, 5.41) is 0. The summed E-state index contributed by atoms with van der Waals surface area (Å²) in [5.41, 5.74) is 2.47. The number of thiophene rings is 1. The molecule has 2 aliphatic carbocycles.